The Hall–Kier alpha value is -0.720. The zero-order valence-corrected chi connectivity index (χ0v) is 14.5. The van der Waals surface area contributed by atoms with Crippen molar-refractivity contribution in [1.82, 2.24) is 9.62 Å². The van der Waals surface area contributed by atoms with Gasteiger partial charge in [0.15, 0.2) is 0 Å². The second-order valence-electron chi connectivity index (χ2n) is 6.25. The van der Waals surface area contributed by atoms with Gasteiger partial charge in [-0.05, 0) is 37.1 Å². The highest BCUT2D eigenvalue weighted by Crippen LogP contribution is 2.24. The zero-order valence-electron chi connectivity index (χ0n) is 12.8. The summed E-state index contributed by atoms with van der Waals surface area (Å²) in [5, 5.41) is 5.17. The highest BCUT2D eigenvalue weighted by molar-refractivity contribution is 7.85. The van der Waals surface area contributed by atoms with E-state index in [0.717, 1.165) is 36.4 Å². The quantitative estimate of drug-likeness (QED) is 0.916. The Morgan fingerprint density at radius 2 is 2.05 bits per heavy atom. The summed E-state index contributed by atoms with van der Waals surface area (Å²) in [6, 6.07) is 4.20. The molecule has 2 aliphatic rings. The van der Waals surface area contributed by atoms with Gasteiger partial charge in [-0.25, -0.2) is 8.51 Å². The fraction of sp³-hybridized carbons (Fsp3) is 0.688. The molecule has 1 N–H and O–H groups in total. The van der Waals surface area contributed by atoms with Gasteiger partial charge in [0.1, 0.15) is 15.2 Å². The number of carbonyl (C=O) groups excluding carboxylic acids is 1. The highest BCUT2D eigenvalue weighted by atomic mass is 32.2. The van der Waals surface area contributed by atoms with Crippen molar-refractivity contribution < 1.29 is 9.00 Å². The van der Waals surface area contributed by atoms with E-state index in [1.807, 2.05) is 21.8 Å². The first-order valence-corrected chi connectivity index (χ1v) is 10.2. The molecule has 1 amide bonds. The second-order valence-corrected chi connectivity index (χ2v) is 8.91. The maximum atomic E-state index is 12.5. The molecule has 122 valence electrons. The first kappa shape index (κ1) is 16.1. The molecule has 1 saturated carbocycles. The Balaban J connectivity index is 1.55. The number of nitrogens with zero attached hydrogens (tertiary/aromatic N) is 1. The van der Waals surface area contributed by atoms with Crippen molar-refractivity contribution in [2.24, 2.45) is 5.92 Å². The van der Waals surface area contributed by atoms with Crippen molar-refractivity contribution in [3.8, 4) is 0 Å². The minimum Gasteiger partial charge on any atom is -0.353 e. The summed E-state index contributed by atoms with van der Waals surface area (Å²) >= 11 is 1.52. The summed E-state index contributed by atoms with van der Waals surface area (Å²) in [5.74, 6) is 0.152. The van der Waals surface area contributed by atoms with E-state index in [0.29, 0.717) is 12.6 Å². The maximum absolute atomic E-state index is 12.5. The molecule has 1 aliphatic heterocycles. The van der Waals surface area contributed by atoms with Gasteiger partial charge in [0.25, 0.3) is 0 Å². The van der Waals surface area contributed by atoms with Crippen LogP contribution in [-0.2, 0) is 15.8 Å². The Morgan fingerprint density at radius 1 is 1.23 bits per heavy atom. The van der Waals surface area contributed by atoms with E-state index in [9.17, 15) is 9.00 Å². The lowest BCUT2D eigenvalue weighted by atomic mass is 9.93. The highest BCUT2D eigenvalue weighted by Gasteiger charge is 2.30. The predicted molar refractivity (Wildman–Crippen MR) is 90.0 cm³/mol. The summed E-state index contributed by atoms with van der Waals surface area (Å²) < 4.78 is 15.4. The van der Waals surface area contributed by atoms with Crippen LogP contribution in [0.25, 0.3) is 0 Å². The summed E-state index contributed by atoms with van der Waals surface area (Å²) in [6.07, 6.45) is 7.83. The molecular weight excluding hydrogens is 316 g/mol. The van der Waals surface area contributed by atoms with E-state index in [2.05, 4.69) is 5.32 Å². The molecule has 0 aromatic carbocycles. The molecular formula is C16H24N2O2S2. The molecule has 1 aromatic rings. The maximum Gasteiger partial charge on any atom is 0.224 e. The van der Waals surface area contributed by atoms with Crippen LogP contribution >= 0.6 is 11.3 Å². The van der Waals surface area contributed by atoms with Gasteiger partial charge in [0.2, 0.25) is 5.91 Å². The molecule has 2 unspecified atom stereocenters. The van der Waals surface area contributed by atoms with Crippen LogP contribution in [0.3, 0.4) is 0 Å². The smallest absolute Gasteiger partial charge is 0.224 e. The van der Waals surface area contributed by atoms with Gasteiger partial charge in [-0.2, -0.15) is 0 Å². The molecule has 2 atom stereocenters. The van der Waals surface area contributed by atoms with Crippen LogP contribution in [0.1, 0.15) is 44.9 Å². The molecule has 0 spiro atoms. The van der Waals surface area contributed by atoms with Gasteiger partial charge >= 0.3 is 0 Å². The van der Waals surface area contributed by atoms with Crippen LogP contribution in [0.5, 0.6) is 0 Å². The van der Waals surface area contributed by atoms with Gasteiger partial charge in [-0.15, -0.1) is 11.3 Å². The molecule has 1 aromatic heterocycles. The summed E-state index contributed by atoms with van der Waals surface area (Å²) in [6.45, 7) is 1.43. The number of thiophene rings is 1. The average molecular weight is 341 g/mol. The van der Waals surface area contributed by atoms with Crippen molar-refractivity contribution in [3.05, 3.63) is 17.5 Å². The molecule has 6 heteroatoms. The number of piperidine rings is 1. The molecule has 1 aliphatic carbocycles. The van der Waals surface area contributed by atoms with Crippen molar-refractivity contribution in [2.45, 2.75) is 55.2 Å². The molecule has 2 heterocycles. The Kier molecular flexibility index (Phi) is 5.66. The summed E-state index contributed by atoms with van der Waals surface area (Å²) in [4.78, 5) is 12.5. The van der Waals surface area contributed by atoms with Crippen LogP contribution in [0.15, 0.2) is 21.7 Å². The normalized spacial score (nSPS) is 25.7. The van der Waals surface area contributed by atoms with E-state index in [-0.39, 0.29) is 11.8 Å². The number of rotatable bonds is 4. The molecule has 2 fully saturated rings. The number of nitrogens with one attached hydrogen (secondary N) is 1. The molecule has 0 radical (unpaired) electrons. The summed E-state index contributed by atoms with van der Waals surface area (Å²) in [7, 11) is -1.11. The number of amides is 1. The molecule has 22 heavy (non-hydrogen) atoms. The van der Waals surface area contributed by atoms with E-state index in [1.165, 1.54) is 30.6 Å². The van der Waals surface area contributed by atoms with Crippen molar-refractivity contribution in [3.63, 3.8) is 0 Å². The average Bonchev–Trinajstić information content (AvgIpc) is 3.09. The van der Waals surface area contributed by atoms with Crippen molar-refractivity contribution in [2.75, 3.05) is 13.1 Å². The minimum absolute atomic E-state index is 0.0143. The third-order valence-electron chi connectivity index (χ3n) is 4.61. The first-order valence-electron chi connectivity index (χ1n) is 8.25. The van der Waals surface area contributed by atoms with Gasteiger partial charge in [-0.3, -0.25) is 4.79 Å². The van der Waals surface area contributed by atoms with E-state index in [4.69, 9.17) is 0 Å². The Morgan fingerprint density at radius 3 is 2.77 bits per heavy atom. The topological polar surface area (TPSA) is 49.4 Å². The van der Waals surface area contributed by atoms with Gasteiger partial charge in [0.05, 0.1) is 5.92 Å². The molecule has 4 nitrogen and oxygen atoms in total. The van der Waals surface area contributed by atoms with Crippen LogP contribution in [0.4, 0.5) is 0 Å². The largest absolute Gasteiger partial charge is 0.353 e. The monoisotopic (exact) mass is 340 g/mol. The van der Waals surface area contributed by atoms with E-state index < -0.39 is 11.0 Å². The Bertz CT molecular complexity index is 512. The molecule has 0 bridgehead atoms. The number of hydrogen-bond acceptors (Lipinski definition) is 3. The second kappa shape index (κ2) is 7.70. The van der Waals surface area contributed by atoms with Crippen LogP contribution in [-0.4, -0.2) is 33.6 Å². The fourth-order valence-corrected chi connectivity index (χ4v) is 5.68. The third-order valence-corrected chi connectivity index (χ3v) is 7.27. The lowest BCUT2D eigenvalue weighted by Crippen LogP contribution is -2.46. The van der Waals surface area contributed by atoms with Crippen molar-refractivity contribution in [1.29, 1.82) is 0 Å². The molecule has 3 rings (SSSR count). The van der Waals surface area contributed by atoms with E-state index in [1.54, 1.807) is 0 Å². The number of hydrogen-bond donors (Lipinski definition) is 1. The molecule has 1 saturated heterocycles. The van der Waals surface area contributed by atoms with Crippen LogP contribution in [0.2, 0.25) is 0 Å². The van der Waals surface area contributed by atoms with E-state index >= 15 is 0 Å². The number of carbonyl (C=O) groups is 1. The lowest BCUT2D eigenvalue weighted by Gasteiger charge is -2.32. The third kappa shape index (κ3) is 3.97. The minimum atomic E-state index is -1.11. The standard InChI is InChI=1S/C16H24N2O2S2/c19-16(17-14-7-2-1-3-8-14)13-6-4-10-18(12-13)22(20)15-9-5-11-21-15/h5,9,11,13-14H,1-4,6-8,10,12H2,(H,17,19). The fourth-order valence-electron chi connectivity index (χ4n) is 3.36. The zero-order chi connectivity index (χ0) is 15.4. The van der Waals surface area contributed by atoms with Crippen molar-refractivity contribution >= 4 is 28.2 Å². The first-order chi connectivity index (χ1) is 10.7. The van der Waals surface area contributed by atoms with Gasteiger partial charge in [-0.1, -0.05) is 25.3 Å². The Labute approximate surface area is 138 Å². The SMILES string of the molecule is O=C(NC1CCCCC1)C1CCCN(S(=O)c2cccs2)C1. The van der Waals surface area contributed by atoms with Crippen LogP contribution in [0, 0.1) is 5.92 Å². The van der Waals surface area contributed by atoms with Gasteiger partial charge in [0, 0.05) is 19.1 Å². The summed E-state index contributed by atoms with van der Waals surface area (Å²) in [5.41, 5.74) is 0. The predicted octanol–water partition coefficient (Wildman–Crippen LogP) is 2.93. The van der Waals surface area contributed by atoms with Crippen LogP contribution < -0.4 is 5.32 Å². The van der Waals surface area contributed by atoms with Gasteiger partial charge < -0.3 is 5.32 Å². The lowest BCUT2D eigenvalue weighted by molar-refractivity contribution is -0.127.